The predicted octanol–water partition coefficient (Wildman–Crippen LogP) is 5.44. The molecule has 2 amide bonds. The summed E-state index contributed by atoms with van der Waals surface area (Å²) in [6.07, 6.45) is 5.43. The molecule has 1 aliphatic heterocycles. The maximum Gasteiger partial charge on any atom is 0.238 e. The van der Waals surface area contributed by atoms with E-state index in [1.807, 2.05) is 6.08 Å². The maximum absolute atomic E-state index is 14.0. The number of fused-ring (bicyclic) bond motifs is 3. The molecule has 2 aromatic rings. The van der Waals surface area contributed by atoms with E-state index in [9.17, 15) is 24.3 Å². The molecule has 0 saturated carbocycles. The molecule has 1 fully saturated rings. The Hall–Kier alpha value is -4.04. The quantitative estimate of drug-likeness (QED) is 0.285. The second-order valence-corrected chi connectivity index (χ2v) is 11.5. The van der Waals surface area contributed by atoms with Gasteiger partial charge < -0.3 is 9.84 Å². The Labute approximate surface area is 239 Å². The number of carbonyl (C=O) groups is 4. The van der Waals surface area contributed by atoms with Gasteiger partial charge in [0.1, 0.15) is 0 Å². The number of phenolic OH excluding ortho intramolecular Hbond substituents is 1. The van der Waals surface area contributed by atoms with Crippen molar-refractivity contribution in [1.29, 1.82) is 0 Å². The van der Waals surface area contributed by atoms with Gasteiger partial charge in [-0.05, 0) is 61.6 Å². The van der Waals surface area contributed by atoms with Crippen LogP contribution in [0.15, 0.2) is 81.9 Å². The van der Waals surface area contributed by atoms with Gasteiger partial charge in [-0.2, -0.15) is 0 Å². The first-order valence-corrected chi connectivity index (χ1v) is 13.8. The first-order valence-electron chi connectivity index (χ1n) is 13.0. The second kappa shape index (κ2) is 9.55. The number of rotatable bonds is 4. The van der Waals surface area contributed by atoms with E-state index in [1.165, 1.54) is 18.1 Å². The van der Waals surface area contributed by atoms with Crippen LogP contribution in [-0.2, 0) is 19.2 Å². The third-order valence-electron chi connectivity index (χ3n) is 8.55. The van der Waals surface area contributed by atoms with Crippen molar-refractivity contribution in [2.24, 2.45) is 17.8 Å². The molecule has 3 aliphatic carbocycles. The zero-order chi connectivity index (χ0) is 28.5. The number of imide groups is 1. The first-order chi connectivity index (χ1) is 19.2. The average molecular weight is 600 g/mol. The molecule has 7 nitrogen and oxygen atoms in total. The minimum Gasteiger partial charge on any atom is -0.504 e. The zero-order valence-electron chi connectivity index (χ0n) is 21.9. The van der Waals surface area contributed by atoms with Crippen LogP contribution < -0.4 is 9.64 Å². The molecule has 1 N–H and O–H groups in total. The highest BCUT2D eigenvalue weighted by Gasteiger charge is 2.57. The smallest absolute Gasteiger partial charge is 0.238 e. The standard InChI is InChI=1S/C32H26BrNO6/c1-4-16-5-7-18(8-6-16)34-31(38)20-10-9-19-21(27(20)32(34)39)14-22-24(35)11-15(2)29(36)28(22)26(19)23-12-17(33)13-25(40-3)30(23)37/h4-9,11-13,20-21,26-27,37H,1,10,14H2,2-3H3. The molecular weight excluding hydrogens is 574 g/mol. The fourth-order valence-electron chi connectivity index (χ4n) is 6.70. The molecule has 0 bridgehead atoms. The highest BCUT2D eigenvalue weighted by atomic mass is 79.9. The number of hydrogen-bond acceptors (Lipinski definition) is 6. The molecule has 0 aromatic heterocycles. The lowest BCUT2D eigenvalue weighted by Gasteiger charge is -2.42. The Balaban J connectivity index is 1.50. The molecule has 8 heteroatoms. The number of amides is 2. The van der Waals surface area contributed by atoms with Gasteiger partial charge in [-0.3, -0.25) is 24.1 Å². The van der Waals surface area contributed by atoms with Crippen LogP contribution in [0, 0.1) is 17.8 Å². The normalized spacial score (nSPS) is 25.7. The Morgan fingerprint density at radius 1 is 1.07 bits per heavy atom. The van der Waals surface area contributed by atoms with Crippen molar-refractivity contribution in [2.45, 2.75) is 25.7 Å². The van der Waals surface area contributed by atoms with Crippen LogP contribution in [0.5, 0.6) is 11.5 Å². The fraction of sp³-hybridized carbons (Fsp3) is 0.250. The van der Waals surface area contributed by atoms with E-state index in [-0.39, 0.29) is 41.3 Å². The van der Waals surface area contributed by atoms with E-state index in [2.05, 4.69) is 22.5 Å². The summed E-state index contributed by atoms with van der Waals surface area (Å²) in [5.41, 5.74) is 3.48. The number of anilines is 1. The molecular formula is C32H26BrNO6. The number of ketones is 2. The molecule has 4 aliphatic rings. The van der Waals surface area contributed by atoms with Gasteiger partial charge in [-0.15, -0.1) is 0 Å². The van der Waals surface area contributed by atoms with Crippen molar-refractivity contribution in [1.82, 2.24) is 0 Å². The number of methoxy groups -OCH3 is 1. The SMILES string of the molecule is C=Cc1ccc(N2C(=O)C3CC=C4C(c5cc(Br)cc(OC)c5O)C5=C(CC4C3C2=O)C(=O)C=C(C)C5=O)cc1. The van der Waals surface area contributed by atoms with Crippen LogP contribution in [0.2, 0.25) is 0 Å². The van der Waals surface area contributed by atoms with Crippen molar-refractivity contribution in [3.05, 3.63) is 93.0 Å². The summed E-state index contributed by atoms with van der Waals surface area (Å²) >= 11 is 3.47. The number of nitrogens with zero attached hydrogens (tertiary/aromatic N) is 1. The van der Waals surface area contributed by atoms with Crippen LogP contribution in [0.1, 0.15) is 36.8 Å². The Kier molecular flexibility index (Phi) is 6.26. The van der Waals surface area contributed by atoms with E-state index in [4.69, 9.17) is 4.74 Å². The molecule has 0 radical (unpaired) electrons. The van der Waals surface area contributed by atoms with Crippen molar-refractivity contribution < 1.29 is 29.0 Å². The number of ether oxygens (including phenoxy) is 1. The number of aromatic hydroxyl groups is 1. The summed E-state index contributed by atoms with van der Waals surface area (Å²) < 4.78 is 6.01. The van der Waals surface area contributed by atoms with Crippen molar-refractivity contribution in [2.75, 3.05) is 12.0 Å². The van der Waals surface area contributed by atoms with Crippen molar-refractivity contribution in [3.63, 3.8) is 0 Å². The van der Waals surface area contributed by atoms with E-state index in [0.29, 0.717) is 38.9 Å². The predicted molar refractivity (Wildman–Crippen MR) is 153 cm³/mol. The molecule has 0 spiro atoms. The lowest BCUT2D eigenvalue weighted by molar-refractivity contribution is -0.123. The Bertz CT molecular complexity index is 1630. The van der Waals surface area contributed by atoms with Crippen molar-refractivity contribution in [3.8, 4) is 11.5 Å². The fourth-order valence-corrected chi connectivity index (χ4v) is 7.16. The molecule has 202 valence electrons. The summed E-state index contributed by atoms with van der Waals surface area (Å²) in [5, 5.41) is 11.2. The van der Waals surface area contributed by atoms with Gasteiger partial charge in [-0.25, -0.2) is 0 Å². The van der Waals surface area contributed by atoms with Gasteiger partial charge in [0.05, 0.1) is 24.6 Å². The molecule has 40 heavy (non-hydrogen) atoms. The zero-order valence-corrected chi connectivity index (χ0v) is 23.5. The molecule has 1 heterocycles. The lowest BCUT2D eigenvalue weighted by Crippen LogP contribution is -2.39. The molecule has 1 saturated heterocycles. The number of benzene rings is 2. The van der Waals surface area contributed by atoms with Crippen LogP contribution in [-0.4, -0.2) is 35.6 Å². The van der Waals surface area contributed by atoms with Gasteiger partial charge in [0.15, 0.2) is 23.1 Å². The van der Waals surface area contributed by atoms with E-state index in [1.54, 1.807) is 49.4 Å². The minimum absolute atomic E-state index is 0.142. The van der Waals surface area contributed by atoms with E-state index < -0.39 is 23.7 Å². The lowest BCUT2D eigenvalue weighted by atomic mass is 9.59. The second-order valence-electron chi connectivity index (χ2n) is 10.6. The Morgan fingerprint density at radius 2 is 1.80 bits per heavy atom. The summed E-state index contributed by atoms with van der Waals surface area (Å²) in [4.78, 5) is 55.7. The monoisotopic (exact) mass is 599 g/mol. The summed E-state index contributed by atoms with van der Waals surface area (Å²) in [7, 11) is 1.44. The third-order valence-corrected chi connectivity index (χ3v) is 9.01. The number of halogens is 1. The molecule has 4 atom stereocenters. The van der Waals surface area contributed by atoms with Crippen LogP contribution in [0.4, 0.5) is 5.69 Å². The average Bonchev–Trinajstić information content (AvgIpc) is 3.21. The minimum atomic E-state index is -0.773. The van der Waals surface area contributed by atoms with Crippen LogP contribution in [0.25, 0.3) is 6.08 Å². The molecule has 4 unspecified atom stereocenters. The van der Waals surface area contributed by atoms with Gasteiger partial charge in [0.25, 0.3) is 0 Å². The highest BCUT2D eigenvalue weighted by molar-refractivity contribution is 9.10. The maximum atomic E-state index is 14.0. The summed E-state index contributed by atoms with van der Waals surface area (Å²) in [6, 6.07) is 10.4. The molecule has 2 aromatic carbocycles. The first kappa shape index (κ1) is 26.2. The number of hydrogen-bond donors (Lipinski definition) is 1. The number of carbonyl (C=O) groups excluding carboxylic acids is 4. The van der Waals surface area contributed by atoms with E-state index >= 15 is 0 Å². The number of allylic oxidation sites excluding steroid dienone is 6. The third kappa shape index (κ3) is 3.77. The van der Waals surface area contributed by atoms with Gasteiger partial charge in [0, 0.05) is 32.7 Å². The number of phenols is 1. The van der Waals surface area contributed by atoms with Crippen molar-refractivity contribution >= 4 is 51.1 Å². The summed E-state index contributed by atoms with van der Waals surface area (Å²) in [5.74, 6) is -3.63. The van der Waals surface area contributed by atoms with Gasteiger partial charge in [-0.1, -0.05) is 52.4 Å². The summed E-state index contributed by atoms with van der Waals surface area (Å²) in [6.45, 7) is 5.36. The number of Topliss-reactive ketones (excluding diaryl/α,β-unsaturated/α-hetero) is 1. The topological polar surface area (TPSA) is 101 Å². The van der Waals surface area contributed by atoms with Gasteiger partial charge >= 0.3 is 0 Å². The molecule has 6 rings (SSSR count). The van der Waals surface area contributed by atoms with Crippen LogP contribution >= 0.6 is 15.9 Å². The largest absolute Gasteiger partial charge is 0.504 e. The highest BCUT2D eigenvalue weighted by Crippen LogP contribution is 2.57. The van der Waals surface area contributed by atoms with Gasteiger partial charge in [0.2, 0.25) is 11.8 Å². The van der Waals surface area contributed by atoms with E-state index in [0.717, 1.165) is 11.1 Å². The van der Waals surface area contributed by atoms with Crippen LogP contribution in [0.3, 0.4) is 0 Å². The Morgan fingerprint density at radius 3 is 2.48 bits per heavy atom.